The molecule has 0 saturated carbocycles. The summed E-state index contributed by atoms with van der Waals surface area (Å²) in [5.41, 5.74) is 10.6. The van der Waals surface area contributed by atoms with Crippen LogP contribution in [0.15, 0.2) is 0 Å². The maximum atomic E-state index is 10.7. The SMILES string of the molecule is CCOc1nc(N)nc(NC(C)CC(N)=O)n1. The number of carbonyl (C=O) groups excluding carboxylic acids is 1. The molecule has 8 heteroatoms. The van der Waals surface area contributed by atoms with Crippen molar-refractivity contribution in [2.75, 3.05) is 17.7 Å². The highest BCUT2D eigenvalue weighted by molar-refractivity contribution is 5.74. The summed E-state index contributed by atoms with van der Waals surface area (Å²) in [6.07, 6.45) is 0.176. The maximum Gasteiger partial charge on any atom is 0.323 e. The summed E-state index contributed by atoms with van der Waals surface area (Å²) in [7, 11) is 0. The van der Waals surface area contributed by atoms with Crippen LogP contribution >= 0.6 is 0 Å². The number of nitrogens with one attached hydrogen (secondary N) is 1. The number of aromatic nitrogens is 3. The van der Waals surface area contributed by atoms with E-state index in [0.29, 0.717) is 6.61 Å². The number of amides is 1. The van der Waals surface area contributed by atoms with E-state index in [4.69, 9.17) is 16.2 Å². The fourth-order valence-corrected chi connectivity index (χ4v) is 1.20. The van der Waals surface area contributed by atoms with Gasteiger partial charge in [-0.25, -0.2) is 0 Å². The van der Waals surface area contributed by atoms with Crippen LogP contribution in [0.1, 0.15) is 20.3 Å². The van der Waals surface area contributed by atoms with Crippen LogP contribution in [0.25, 0.3) is 0 Å². The number of nitrogen functional groups attached to an aromatic ring is 1. The van der Waals surface area contributed by atoms with Crippen molar-refractivity contribution in [3.8, 4) is 6.01 Å². The molecule has 8 nitrogen and oxygen atoms in total. The number of nitrogens with zero attached hydrogens (tertiary/aromatic N) is 3. The van der Waals surface area contributed by atoms with Crippen molar-refractivity contribution in [3.63, 3.8) is 0 Å². The number of anilines is 2. The van der Waals surface area contributed by atoms with Gasteiger partial charge in [-0.2, -0.15) is 15.0 Å². The van der Waals surface area contributed by atoms with E-state index in [1.54, 1.807) is 6.92 Å². The van der Waals surface area contributed by atoms with Crippen molar-refractivity contribution in [2.24, 2.45) is 5.73 Å². The zero-order valence-corrected chi connectivity index (χ0v) is 9.80. The predicted octanol–water partition coefficient (Wildman–Crippen LogP) is -0.472. The standard InChI is InChI=1S/C9H16N6O2/c1-3-17-9-14-7(11)13-8(15-9)12-5(2)4-6(10)16/h5H,3-4H2,1-2H3,(H2,10,16)(H3,11,12,13,14,15). The van der Waals surface area contributed by atoms with Crippen molar-refractivity contribution in [1.82, 2.24) is 15.0 Å². The van der Waals surface area contributed by atoms with Crippen LogP contribution in [-0.4, -0.2) is 33.5 Å². The first-order valence-corrected chi connectivity index (χ1v) is 5.20. The Morgan fingerprint density at radius 1 is 1.47 bits per heavy atom. The lowest BCUT2D eigenvalue weighted by Gasteiger charge is -2.12. The van der Waals surface area contributed by atoms with Gasteiger partial charge in [0, 0.05) is 12.5 Å². The first-order valence-electron chi connectivity index (χ1n) is 5.20. The summed E-state index contributed by atoms with van der Waals surface area (Å²) < 4.78 is 5.12. The second-order valence-electron chi connectivity index (χ2n) is 3.45. The van der Waals surface area contributed by atoms with Gasteiger partial charge >= 0.3 is 6.01 Å². The minimum Gasteiger partial charge on any atom is -0.464 e. The molecule has 1 aromatic rings. The van der Waals surface area contributed by atoms with Gasteiger partial charge in [0.05, 0.1) is 6.61 Å². The highest BCUT2D eigenvalue weighted by atomic mass is 16.5. The van der Waals surface area contributed by atoms with Gasteiger partial charge in [0.1, 0.15) is 0 Å². The van der Waals surface area contributed by atoms with E-state index < -0.39 is 5.91 Å². The number of ether oxygens (including phenoxy) is 1. The topological polar surface area (TPSA) is 129 Å². The maximum absolute atomic E-state index is 10.7. The molecule has 1 rings (SSSR count). The second kappa shape index (κ2) is 5.83. The molecule has 1 heterocycles. The quantitative estimate of drug-likeness (QED) is 0.612. The van der Waals surface area contributed by atoms with Gasteiger partial charge in [0.15, 0.2) is 0 Å². The zero-order chi connectivity index (χ0) is 12.8. The van der Waals surface area contributed by atoms with Crippen LogP contribution in [0, 0.1) is 0 Å². The Labute approximate surface area is 98.8 Å². The van der Waals surface area contributed by atoms with Crippen LogP contribution < -0.4 is 21.5 Å². The monoisotopic (exact) mass is 240 g/mol. The van der Waals surface area contributed by atoms with E-state index in [1.165, 1.54) is 0 Å². The van der Waals surface area contributed by atoms with E-state index in [9.17, 15) is 4.79 Å². The van der Waals surface area contributed by atoms with Gasteiger partial charge in [-0.15, -0.1) is 0 Å². The van der Waals surface area contributed by atoms with Crippen LogP contribution in [0.4, 0.5) is 11.9 Å². The Balaban J connectivity index is 2.72. The number of rotatable bonds is 6. The predicted molar refractivity (Wildman–Crippen MR) is 62.3 cm³/mol. The minimum atomic E-state index is -0.406. The molecule has 0 spiro atoms. The molecule has 5 N–H and O–H groups in total. The molecule has 0 aliphatic rings. The van der Waals surface area contributed by atoms with Gasteiger partial charge in [-0.05, 0) is 13.8 Å². The van der Waals surface area contributed by atoms with Crippen molar-refractivity contribution in [1.29, 1.82) is 0 Å². The summed E-state index contributed by atoms with van der Waals surface area (Å²) in [6.45, 7) is 4.02. The van der Waals surface area contributed by atoms with E-state index >= 15 is 0 Å². The Hall–Kier alpha value is -2.12. The van der Waals surface area contributed by atoms with Gasteiger partial charge in [-0.3, -0.25) is 4.79 Å². The summed E-state index contributed by atoms with van der Waals surface area (Å²) in [5.74, 6) is -0.0935. The van der Waals surface area contributed by atoms with E-state index in [-0.39, 0.29) is 30.4 Å². The van der Waals surface area contributed by atoms with Crippen molar-refractivity contribution < 1.29 is 9.53 Å². The fraction of sp³-hybridized carbons (Fsp3) is 0.556. The number of primary amides is 1. The van der Waals surface area contributed by atoms with Crippen LogP contribution in [-0.2, 0) is 4.79 Å². The first kappa shape index (κ1) is 12.9. The zero-order valence-electron chi connectivity index (χ0n) is 9.80. The number of nitrogens with two attached hydrogens (primary N) is 2. The Bertz CT molecular complexity index is 397. The largest absolute Gasteiger partial charge is 0.464 e. The van der Waals surface area contributed by atoms with Crippen molar-refractivity contribution >= 4 is 17.8 Å². The molecule has 1 unspecified atom stereocenters. The molecule has 17 heavy (non-hydrogen) atoms. The minimum absolute atomic E-state index is 0.0530. The number of hydrogen-bond acceptors (Lipinski definition) is 7. The lowest BCUT2D eigenvalue weighted by atomic mass is 10.2. The average molecular weight is 240 g/mol. The molecule has 0 aromatic carbocycles. The molecule has 0 radical (unpaired) electrons. The lowest BCUT2D eigenvalue weighted by molar-refractivity contribution is -0.118. The molecule has 0 bridgehead atoms. The molecular weight excluding hydrogens is 224 g/mol. The Morgan fingerprint density at radius 2 is 2.18 bits per heavy atom. The van der Waals surface area contributed by atoms with Gasteiger partial charge in [-0.1, -0.05) is 0 Å². The Kier molecular flexibility index (Phi) is 4.44. The molecule has 0 aliphatic carbocycles. The fourth-order valence-electron chi connectivity index (χ4n) is 1.20. The first-order chi connectivity index (χ1) is 8.01. The normalized spacial score (nSPS) is 11.9. The van der Waals surface area contributed by atoms with Crippen LogP contribution in [0.3, 0.4) is 0 Å². The van der Waals surface area contributed by atoms with E-state index in [0.717, 1.165) is 0 Å². The summed E-state index contributed by atoms with van der Waals surface area (Å²) in [4.78, 5) is 22.4. The van der Waals surface area contributed by atoms with Crippen LogP contribution in [0.5, 0.6) is 6.01 Å². The summed E-state index contributed by atoms with van der Waals surface area (Å²) in [6, 6.07) is -0.0439. The highest BCUT2D eigenvalue weighted by Gasteiger charge is 2.10. The van der Waals surface area contributed by atoms with Crippen LogP contribution in [0.2, 0.25) is 0 Å². The number of carbonyl (C=O) groups is 1. The number of hydrogen-bond donors (Lipinski definition) is 3. The van der Waals surface area contributed by atoms with Gasteiger partial charge in [0.2, 0.25) is 17.8 Å². The smallest absolute Gasteiger partial charge is 0.323 e. The summed E-state index contributed by atoms with van der Waals surface area (Å²) in [5, 5.41) is 2.89. The van der Waals surface area contributed by atoms with Gasteiger partial charge in [0.25, 0.3) is 0 Å². The van der Waals surface area contributed by atoms with Crippen molar-refractivity contribution in [3.05, 3.63) is 0 Å². The third kappa shape index (κ3) is 4.49. The molecule has 0 saturated heterocycles. The van der Waals surface area contributed by atoms with Crippen molar-refractivity contribution in [2.45, 2.75) is 26.3 Å². The third-order valence-electron chi connectivity index (χ3n) is 1.79. The van der Waals surface area contributed by atoms with E-state index in [1.807, 2.05) is 6.92 Å². The van der Waals surface area contributed by atoms with E-state index in [2.05, 4.69) is 20.3 Å². The third-order valence-corrected chi connectivity index (χ3v) is 1.79. The molecule has 1 atom stereocenters. The molecule has 94 valence electrons. The molecule has 1 aromatic heterocycles. The Morgan fingerprint density at radius 3 is 2.76 bits per heavy atom. The second-order valence-corrected chi connectivity index (χ2v) is 3.45. The highest BCUT2D eigenvalue weighted by Crippen LogP contribution is 2.10. The lowest BCUT2D eigenvalue weighted by Crippen LogP contribution is -2.25. The molecule has 0 aliphatic heterocycles. The molecule has 0 fully saturated rings. The van der Waals surface area contributed by atoms with Gasteiger partial charge < -0.3 is 21.5 Å². The molecule has 1 amide bonds. The molecular formula is C9H16N6O2. The average Bonchev–Trinajstić information content (AvgIpc) is 2.14. The summed E-state index contributed by atoms with van der Waals surface area (Å²) >= 11 is 0.